The molecule has 0 rings (SSSR count). The standard InChI is InChI=1S/C42H90N4/c1-3-5-7-9-11-13-15-17-19-21-23-25-27-29-37-45(41-33-35-43)39-31-32-40-46(42-34-36-44)38-30-28-26-24-22-20-18-16-14-12-10-8-6-4-2/h3-44H2,1-2H3. The van der Waals surface area contributed by atoms with E-state index < -0.39 is 0 Å². The molecule has 0 saturated heterocycles. The second kappa shape index (κ2) is 41.0. The molecule has 0 bridgehead atoms. The van der Waals surface area contributed by atoms with Gasteiger partial charge < -0.3 is 21.3 Å². The molecule has 0 amide bonds. The van der Waals surface area contributed by atoms with Crippen molar-refractivity contribution in [1.29, 1.82) is 0 Å². The summed E-state index contributed by atoms with van der Waals surface area (Å²) in [5.74, 6) is 0. The summed E-state index contributed by atoms with van der Waals surface area (Å²) in [7, 11) is 0. The van der Waals surface area contributed by atoms with Crippen LogP contribution in [0.15, 0.2) is 0 Å². The van der Waals surface area contributed by atoms with E-state index in [2.05, 4.69) is 23.6 Å². The summed E-state index contributed by atoms with van der Waals surface area (Å²) in [5, 5.41) is 0. The van der Waals surface area contributed by atoms with Crippen molar-refractivity contribution in [2.24, 2.45) is 11.5 Å². The quantitative estimate of drug-likeness (QED) is 0.0646. The van der Waals surface area contributed by atoms with Crippen molar-refractivity contribution in [1.82, 2.24) is 9.80 Å². The van der Waals surface area contributed by atoms with Gasteiger partial charge in [0.25, 0.3) is 0 Å². The van der Waals surface area contributed by atoms with Crippen LogP contribution in [0.4, 0.5) is 0 Å². The SMILES string of the molecule is CCCCCCCCCCCCCCCCN(CCCN)CCCCN(CCCN)CCCCCCCCCCCCCCCC. The van der Waals surface area contributed by atoms with E-state index in [1.807, 2.05) is 0 Å². The van der Waals surface area contributed by atoms with Gasteiger partial charge in [0.15, 0.2) is 0 Å². The Morgan fingerprint density at radius 2 is 0.413 bits per heavy atom. The maximum absolute atomic E-state index is 5.88. The molecule has 0 unspecified atom stereocenters. The molecule has 278 valence electrons. The van der Waals surface area contributed by atoms with Crippen molar-refractivity contribution < 1.29 is 0 Å². The van der Waals surface area contributed by atoms with Gasteiger partial charge in [-0.25, -0.2) is 0 Å². The summed E-state index contributed by atoms with van der Waals surface area (Å²) < 4.78 is 0. The lowest BCUT2D eigenvalue weighted by Crippen LogP contribution is -2.31. The van der Waals surface area contributed by atoms with Crippen molar-refractivity contribution in [3.05, 3.63) is 0 Å². The summed E-state index contributed by atoms with van der Waals surface area (Å²) in [5.41, 5.74) is 11.8. The molecule has 4 nitrogen and oxygen atoms in total. The van der Waals surface area contributed by atoms with Gasteiger partial charge in [0.1, 0.15) is 0 Å². The van der Waals surface area contributed by atoms with Crippen LogP contribution in [0.1, 0.15) is 219 Å². The molecule has 0 spiro atoms. The highest BCUT2D eigenvalue weighted by atomic mass is 15.1. The van der Waals surface area contributed by atoms with Crippen molar-refractivity contribution >= 4 is 0 Å². The molecule has 0 saturated carbocycles. The smallest absolute Gasteiger partial charge is 0.000672 e. The van der Waals surface area contributed by atoms with Crippen LogP contribution in [0.5, 0.6) is 0 Å². The molecule has 4 N–H and O–H groups in total. The van der Waals surface area contributed by atoms with Crippen LogP contribution in [0.25, 0.3) is 0 Å². The van der Waals surface area contributed by atoms with Gasteiger partial charge in [-0.3, -0.25) is 0 Å². The Bertz CT molecular complexity index is 482. The van der Waals surface area contributed by atoms with Gasteiger partial charge >= 0.3 is 0 Å². The molecule has 0 aliphatic carbocycles. The Morgan fingerprint density at radius 3 is 0.630 bits per heavy atom. The Morgan fingerprint density at radius 1 is 0.239 bits per heavy atom. The fourth-order valence-corrected chi connectivity index (χ4v) is 7.03. The molecule has 0 radical (unpaired) electrons. The van der Waals surface area contributed by atoms with Crippen molar-refractivity contribution in [3.8, 4) is 0 Å². The van der Waals surface area contributed by atoms with Crippen LogP contribution in [-0.2, 0) is 0 Å². The third kappa shape index (κ3) is 36.7. The summed E-state index contributed by atoms with van der Waals surface area (Å²) in [6, 6.07) is 0. The van der Waals surface area contributed by atoms with Gasteiger partial charge in [0.05, 0.1) is 0 Å². The van der Waals surface area contributed by atoms with E-state index >= 15 is 0 Å². The highest BCUT2D eigenvalue weighted by Crippen LogP contribution is 2.15. The fraction of sp³-hybridized carbons (Fsp3) is 1.00. The highest BCUT2D eigenvalue weighted by molar-refractivity contribution is 4.64. The van der Waals surface area contributed by atoms with Crippen LogP contribution in [-0.4, -0.2) is 62.2 Å². The van der Waals surface area contributed by atoms with E-state index in [4.69, 9.17) is 11.5 Å². The maximum atomic E-state index is 5.88. The van der Waals surface area contributed by atoms with Gasteiger partial charge in [-0.05, 0) is 90.9 Å². The lowest BCUT2D eigenvalue weighted by molar-refractivity contribution is 0.233. The van der Waals surface area contributed by atoms with Crippen LogP contribution < -0.4 is 11.5 Å². The largest absolute Gasteiger partial charge is 0.330 e. The predicted molar refractivity (Wildman–Crippen MR) is 210 cm³/mol. The number of hydrogen-bond acceptors (Lipinski definition) is 4. The van der Waals surface area contributed by atoms with Crippen molar-refractivity contribution in [2.75, 3.05) is 52.4 Å². The second-order valence-corrected chi connectivity index (χ2v) is 14.9. The number of hydrogen-bond donors (Lipinski definition) is 2. The van der Waals surface area contributed by atoms with Gasteiger partial charge in [-0.2, -0.15) is 0 Å². The number of rotatable bonds is 41. The van der Waals surface area contributed by atoms with Crippen LogP contribution in [0.2, 0.25) is 0 Å². The molecular weight excluding hydrogens is 560 g/mol. The summed E-state index contributed by atoms with van der Waals surface area (Å²) >= 11 is 0. The molecule has 0 aliphatic rings. The normalized spacial score (nSPS) is 11.9. The molecule has 0 aromatic carbocycles. The summed E-state index contributed by atoms with van der Waals surface area (Å²) in [6.45, 7) is 13.7. The van der Waals surface area contributed by atoms with Crippen molar-refractivity contribution in [3.63, 3.8) is 0 Å². The Kier molecular flexibility index (Phi) is 40.9. The van der Waals surface area contributed by atoms with Crippen LogP contribution >= 0.6 is 0 Å². The van der Waals surface area contributed by atoms with E-state index in [-0.39, 0.29) is 0 Å². The number of nitrogens with zero attached hydrogens (tertiary/aromatic N) is 2. The van der Waals surface area contributed by atoms with E-state index in [9.17, 15) is 0 Å². The molecule has 0 aromatic heterocycles. The molecule has 0 heterocycles. The van der Waals surface area contributed by atoms with E-state index in [1.54, 1.807) is 0 Å². The molecule has 4 heteroatoms. The lowest BCUT2D eigenvalue weighted by atomic mass is 10.0. The zero-order valence-corrected chi connectivity index (χ0v) is 32.3. The number of nitrogens with two attached hydrogens (primary N) is 2. The molecule has 46 heavy (non-hydrogen) atoms. The van der Waals surface area contributed by atoms with E-state index in [1.165, 1.54) is 232 Å². The average Bonchev–Trinajstić information content (AvgIpc) is 3.07. The first-order valence-electron chi connectivity index (χ1n) is 21.6. The fourth-order valence-electron chi connectivity index (χ4n) is 7.03. The highest BCUT2D eigenvalue weighted by Gasteiger charge is 2.08. The monoisotopic (exact) mass is 651 g/mol. The van der Waals surface area contributed by atoms with Crippen molar-refractivity contribution in [2.45, 2.75) is 219 Å². The minimum Gasteiger partial charge on any atom is -0.330 e. The van der Waals surface area contributed by atoms with Gasteiger partial charge in [0, 0.05) is 0 Å². The molecular formula is C42H90N4. The van der Waals surface area contributed by atoms with Gasteiger partial charge in [-0.15, -0.1) is 0 Å². The first-order chi connectivity index (χ1) is 22.8. The third-order valence-corrected chi connectivity index (χ3v) is 10.2. The minimum atomic E-state index is 0.821. The number of unbranched alkanes of at least 4 members (excludes halogenated alkanes) is 27. The Hall–Kier alpha value is -0.160. The zero-order valence-electron chi connectivity index (χ0n) is 32.3. The topological polar surface area (TPSA) is 58.5 Å². The predicted octanol–water partition coefficient (Wildman–Crippen LogP) is 12.0. The van der Waals surface area contributed by atoms with Crippen LogP contribution in [0, 0.1) is 0 Å². The first-order valence-corrected chi connectivity index (χ1v) is 21.6. The molecule has 0 aromatic rings. The van der Waals surface area contributed by atoms with Gasteiger partial charge in [0.2, 0.25) is 0 Å². The Balaban J connectivity index is 3.84. The first kappa shape index (κ1) is 45.8. The van der Waals surface area contributed by atoms with E-state index in [0.717, 1.165) is 25.9 Å². The molecule has 0 atom stereocenters. The van der Waals surface area contributed by atoms with E-state index in [0.29, 0.717) is 0 Å². The van der Waals surface area contributed by atoms with Gasteiger partial charge in [-0.1, -0.05) is 181 Å². The molecule has 0 aliphatic heterocycles. The third-order valence-electron chi connectivity index (χ3n) is 10.2. The summed E-state index contributed by atoms with van der Waals surface area (Å²) in [4.78, 5) is 5.43. The molecule has 0 fully saturated rings. The lowest BCUT2D eigenvalue weighted by Gasteiger charge is -2.24. The van der Waals surface area contributed by atoms with Crippen LogP contribution in [0.3, 0.4) is 0 Å². The average molecular weight is 651 g/mol. The maximum Gasteiger partial charge on any atom is -0.000672 e. The minimum absolute atomic E-state index is 0.821. The second-order valence-electron chi connectivity index (χ2n) is 14.9. The summed E-state index contributed by atoms with van der Waals surface area (Å²) in [6.07, 6.45) is 45.1. The zero-order chi connectivity index (χ0) is 33.4. The Labute approximate surface area is 292 Å².